The molecule has 6 nitrogen and oxygen atoms in total. The molecule has 2 aromatic carbocycles. The van der Waals surface area contributed by atoms with E-state index in [4.69, 9.17) is 9.15 Å². The summed E-state index contributed by atoms with van der Waals surface area (Å²) in [5.74, 6) is 0.575. The standard InChI is InChI=1S/C26H24N2O4/c1-3-4-15-31-26(30)20-10-8-9-19(16-20)24-14-13-22(32-24)17-23-18(2)27-28(25(23)29)21-11-6-5-7-12-21/h5-14,16-17H,3-4,15H2,1-2H3/b23-17+. The van der Waals surface area contributed by atoms with Gasteiger partial charge in [-0.25, -0.2) is 4.79 Å². The first-order valence-corrected chi connectivity index (χ1v) is 10.6. The monoisotopic (exact) mass is 428 g/mol. The van der Waals surface area contributed by atoms with Crippen LogP contribution in [-0.2, 0) is 9.53 Å². The Labute approximate surface area is 186 Å². The third-order valence-electron chi connectivity index (χ3n) is 5.09. The Bertz CT molecular complexity index is 1190. The number of rotatable bonds is 7. The van der Waals surface area contributed by atoms with Gasteiger partial charge in [0.1, 0.15) is 11.5 Å². The molecule has 3 aromatic rings. The molecule has 1 aliphatic heterocycles. The van der Waals surface area contributed by atoms with E-state index in [0.29, 0.717) is 40.7 Å². The van der Waals surface area contributed by atoms with Crippen LogP contribution in [0.1, 0.15) is 42.8 Å². The van der Waals surface area contributed by atoms with E-state index in [0.717, 1.165) is 18.4 Å². The second-order valence-electron chi connectivity index (χ2n) is 7.47. The van der Waals surface area contributed by atoms with Crippen molar-refractivity contribution in [2.75, 3.05) is 11.6 Å². The van der Waals surface area contributed by atoms with Gasteiger partial charge in [0, 0.05) is 5.56 Å². The number of anilines is 1. The van der Waals surface area contributed by atoms with E-state index in [-0.39, 0.29) is 11.9 Å². The number of hydrazone groups is 1. The third-order valence-corrected chi connectivity index (χ3v) is 5.09. The SMILES string of the molecule is CCCCOC(=O)c1cccc(-c2ccc(/C=C3/C(=O)N(c4ccccc4)N=C3C)o2)c1. The number of nitrogens with zero attached hydrogens (tertiary/aromatic N) is 2. The first kappa shape index (κ1) is 21.3. The Morgan fingerprint density at radius 1 is 1.09 bits per heavy atom. The van der Waals surface area contributed by atoms with E-state index < -0.39 is 0 Å². The molecule has 1 aliphatic rings. The van der Waals surface area contributed by atoms with Gasteiger partial charge in [0.25, 0.3) is 5.91 Å². The van der Waals surface area contributed by atoms with Crippen molar-refractivity contribution in [3.63, 3.8) is 0 Å². The third kappa shape index (κ3) is 4.54. The minimum absolute atomic E-state index is 0.205. The molecular weight excluding hydrogens is 404 g/mol. The Balaban J connectivity index is 1.53. The second kappa shape index (κ2) is 9.47. The molecule has 0 bridgehead atoms. The lowest BCUT2D eigenvalue weighted by Crippen LogP contribution is -2.21. The number of unbranched alkanes of at least 4 members (excludes halogenated alkanes) is 1. The molecule has 2 heterocycles. The Morgan fingerprint density at radius 3 is 2.69 bits per heavy atom. The second-order valence-corrected chi connectivity index (χ2v) is 7.47. The zero-order valence-electron chi connectivity index (χ0n) is 18.1. The van der Waals surface area contributed by atoms with E-state index in [1.807, 2.05) is 49.4 Å². The number of carbonyl (C=O) groups excluding carboxylic acids is 2. The van der Waals surface area contributed by atoms with Crippen molar-refractivity contribution in [2.24, 2.45) is 5.10 Å². The molecule has 0 saturated carbocycles. The van der Waals surface area contributed by atoms with Gasteiger partial charge in [0.05, 0.1) is 29.1 Å². The summed E-state index contributed by atoms with van der Waals surface area (Å²) in [6, 6.07) is 20.0. The zero-order valence-corrected chi connectivity index (χ0v) is 18.1. The molecule has 1 amide bonds. The molecule has 0 spiro atoms. The van der Waals surface area contributed by atoms with Gasteiger partial charge in [-0.05, 0) is 55.8 Å². The minimum atomic E-state index is -0.349. The van der Waals surface area contributed by atoms with Gasteiger partial charge in [-0.15, -0.1) is 0 Å². The molecule has 0 fully saturated rings. The molecule has 32 heavy (non-hydrogen) atoms. The first-order chi connectivity index (χ1) is 15.6. The van der Waals surface area contributed by atoms with Crippen LogP contribution in [0.5, 0.6) is 0 Å². The lowest BCUT2D eigenvalue weighted by molar-refractivity contribution is -0.114. The van der Waals surface area contributed by atoms with Crippen molar-refractivity contribution >= 4 is 29.4 Å². The highest BCUT2D eigenvalue weighted by Gasteiger charge is 2.28. The summed E-state index contributed by atoms with van der Waals surface area (Å²) in [7, 11) is 0. The Kier molecular flexibility index (Phi) is 6.31. The minimum Gasteiger partial charge on any atom is -0.462 e. The average Bonchev–Trinajstić information content (AvgIpc) is 3.40. The van der Waals surface area contributed by atoms with Gasteiger partial charge in [-0.2, -0.15) is 10.1 Å². The largest absolute Gasteiger partial charge is 0.462 e. The molecule has 0 N–H and O–H groups in total. The van der Waals surface area contributed by atoms with Crippen molar-refractivity contribution in [1.29, 1.82) is 0 Å². The number of carbonyl (C=O) groups is 2. The summed E-state index contributed by atoms with van der Waals surface area (Å²) in [5, 5.41) is 5.77. The van der Waals surface area contributed by atoms with Crippen molar-refractivity contribution in [3.05, 3.63) is 83.6 Å². The maximum atomic E-state index is 12.9. The van der Waals surface area contributed by atoms with E-state index in [2.05, 4.69) is 5.10 Å². The lowest BCUT2D eigenvalue weighted by atomic mass is 10.1. The number of furan rings is 1. The predicted octanol–water partition coefficient (Wildman–Crippen LogP) is 5.71. The highest BCUT2D eigenvalue weighted by molar-refractivity contribution is 6.32. The number of esters is 1. The van der Waals surface area contributed by atoms with Crippen LogP contribution in [0, 0.1) is 0 Å². The maximum Gasteiger partial charge on any atom is 0.338 e. The molecule has 0 saturated heterocycles. The molecule has 6 heteroatoms. The van der Waals surface area contributed by atoms with Crippen LogP contribution < -0.4 is 5.01 Å². The van der Waals surface area contributed by atoms with Crippen LogP contribution in [0.15, 0.2) is 81.8 Å². The number of benzene rings is 2. The van der Waals surface area contributed by atoms with Crippen molar-refractivity contribution in [2.45, 2.75) is 26.7 Å². The number of hydrogen-bond donors (Lipinski definition) is 0. The van der Waals surface area contributed by atoms with Gasteiger partial charge in [0.2, 0.25) is 0 Å². The fourth-order valence-electron chi connectivity index (χ4n) is 3.35. The van der Waals surface area contributed by atoms with Crippen LogP contribution in [0.25, 0.3) is 17.4 Å². The molecule has 1 aromatic heterocycles. The number of ether oxygens (including phenoxy) is 1. The number of amides is 1. The first-order valence-electron chi connectivity index (χ1n) is 10.6. The normalized spacial score (nSPS) is 14.7. The quantitative estimate of drug-likeness (QED) is 0.274. The van der Waals surface area contributed by atoms with Gasteiger partial charge in [-0.1, -0.05) is 43.7 Å². The van der Waals surface area contributed by atoms with E-state index in [1.165, 1.54) is 5.01 Å². The van der Waals surface area contributed by atoms with Crippen LogP contribution in [0.4, 0.5) is 5.69 Å². The molecule has 0 radical (unpaired) electrons. The zero-order chi connectivity index (χ0) is 22.5. The molecule has 162 valence electrons. The molecular formula is C26H24N2O4. The lowest BCUT2D eigenvalue weighted by Gasteiger charge is -2.10. The maximum absolute atomic E-state index is 12.9. The Hall–Kier alpha value is -3.93. The van der Waals surface area contributed by atoms with Crippen LogP contribution >= 0.6 is 0 Å². The summed E-state index contributed by atoms with van der Waals surface area (Å²) >= 11 is 0. The van der Waals surface area contributed by atoms with Gasteiger partial charge in [0.15, 0.2) is 0 Å². The predicted molar refractivity (Wildman–Crippen MR) is 124 cm³/mol. The van der Waals surface area contributed by atoms with Gasteiger partial charge in [-0.3, -0.25) is 4.79 Å². The summed E-state index contributed by atoms with van der Waals surface area (Å²) in [4.78, 5) is 25.1. The van der Waals surface area contributed by atoms with Gasteiger partial charge < -0.3 is 9.15 Å². The molecule has 0 unspecified atom stereocenters. The highest BCUT2D eigenvalue weighted by Crippen LogP contribution is 2.28. The summed E-state index contributed by atoms with van der Waals surface area (Å²) in [5.41, 5.74) is 3.04. The topological polar surface area (TPSA) is 72.1 Å². The van der Waals surface area contributed by atoms with Gasteiger partial charge >= 0.3 is 5.97 Å². The highest BCUT2D eigenvalue weighted by atomic mass is 16.5. The van der Waals surface area contributed by atoms with E-state index >= 15 is 0 Å². The van der Waals surface area contributed by atoms with Crippen LogP contribution in [0.2, 0.25) is 0 Å². The fraction of sp³-hybridized carbons (Fsp3) is 0.192. The molecule has 0 aliphatic carbocycles. The molecule has 0 atom stereocenters. The molecule has 4 rings (SSSR count). The summed E-state index contributed by atoms with van der Waals surface area (Å²) in [6.07, 6.45) is 3.50. The fourth-order valence-corrected chi connectivity index (χ4v) is 3.35. The number of hydrogen-bond acceptors (Lipinski definition) is 5. The Morgan fingerprint density at radius 2 is 1.91 bits per heavy atom. The van der Waals surface area contributed by atoms with Crippen molar-refractivity contribution in [3.8, 4) is 11.3 Å². The summed E-state index contributed by atoms with van der Waals surface area (Å²) in [6.45, 7) is 4.25. The van der Waals surface area contributed by atoms with E-state index in [1.54, 1.807) is 37.3 Å². The van der Waals surface area contributed by atoms with Crippen LogP contribution in [-0.4, -0.2) is 24.2 Å². The number of para-hydroxylation sites is 1. The summed E-state index contributed by atoms with van der Waals surface area (Å²) < 4.78 is 11.2. The smallest absolute Gasteiger partial charge is 0.338 e. The van der Waals surface area contributed by atoms with Crippen molar-refractivity contribution < 1.29 is 18.7 Å². The van der Waals surface area contributed by atoms with E-state index in [9.17, 15) is 9.59 Å². The van der Waals surface area contributed by atoms with Crippen LogP contribution in [0.3, 0.4) is 0 Å². The van der Waals surface area contributed by atoms with Crippen molar-refractivity contribution in [1.82, 2.24) is 0 Å². The average molecular weight is 428 g/mol.